The zero-order valence-electron chi connectivity index (χ0n) is 15.7. The van der Waals surface area contributed by atoms with Gasteiger partial charge in [-0.15, -0.1) is 0 Å². The van der Waals surface area contributed by atoms with Crippen molar-refractivity contribution >= 4 is 5.97 Å². The third kappa shape index (κ3) is 4.10. The van der Waals surface area contributed by atoms with E-state index in [2.05, 4.69) is 0 Å². The van der Waals surface area contributed by atoms with E-state index in [-0.39, 0.29) is 6.42 Å². The number of halogens is 3. The van der Waals surface area contributed by atoms with Gasteiger partial charge < -0.3 is 9.84 Å². The van der Waals surface area contributed by atoms with E-state index in [0.717, 1.165) is 12.1 Å². The Hall–Kier alpha value is -2.50. The van der Waals surface area contributed by atoms with Crippen LogP contribution in [-0.4, -0.2) is 18.2 Å². The number of hydrogen-bond acceptors (Lipinski definition) is 2. The van der Waals surface area contributed by atoms with Crippen molar-refractivity contribution in [1.29, 1.82) is 0 Å². The van der Waals surface area contributed by atoms with E-state index < -0.39 is 28.5 Å². The number of benzene rings is 2. The Morgan fingerprint density at radius 2 is 1.52 bits per heavy atom. The highest BCUT2D eigenvalue weighted by atomic mass is 19.4. The zero-order chi connectivity index (χ0) is 20.5. The van der Waals surface area contributed by atoms with Crippen molar-refractivity contribution < 1.29 is 27.8 Å². The molecule has 146 valence electrons. The van der Waals surface area contributed by atoms with Crippen LogP contribution in [0.1, 0.15) is 43.9 Å². The number of ether oxygens (including phenoxy) is 1. The van der Waals surface area contributed by atoms with Crippen LogP contribution in [0.3, 0.4) is 0 Å². The average molecular weight is 380 g/mol. The quantitative estimate of drug-likeness (QED) is 0.743. The van der Waals surface area contributed by atoms with Crippen molar-refractivity contribution in [3.05, 3.63) is 65.2 Å². The first-order valence-corrected chi connectivity index (χ1v) is 8.46. The maximum atomic E-state index is 13.0. The van der Waals surface area contributed by atoms with Crippen LogP contribution >= 0.6 is 0 Å². The second-order valence-electron chi connectivity index (χ2n) is 7.53. The van der Waals surface area contributed by atoms with Crippen molar-refractivity contribution in [3.8, 4) is 5.75 Å². The van der Waals surface area contributed by atoms with Gasteiger partial charge in [0.15, 0.2) is 0 Å². The van der Waals surface area contributed by atoms with E-state index in [9.17, 15) is 23.1 Å². The maximum absolute atomic E-state index is 13.0. The van der Waals surface area contributed by atoms with Gasteiger partial charge in [-0.05, 0) is 40.8 Å². The van der Waals surface area contributed by atoms with Gasteiger partial charge >= 0.3 is 12.1 Å². The lowest BCUT2D eigenvalue weighted by Gasteiger charge is -2.45. The van der Waals surface area contributed by atoms with Crippen LogP contribution in [0.15, 0.2) is 48.5 Å². The summed E-state index contributed by atoms with van der Waals surface area (Å²) in [7, 11) is 1.51. The predicted octanol–water partition coefficient (Wildman–Crippen LogP) is 5.52. The van der Waals surface area contributed by atoms with Crippen molar-refractivity contribution in [2.45, 2.75) is 38.8 Å². The Balaban J connectivity index is 2.77. The molecule has 0 aromatic heterocycles. The predicted molar refractivity (Wildman–Crippen MR) is 96.9 cm³/mol. The summed E-state index contributed by atoms with van der Waals surface area (Å²) >= 11 is 0. The minimum absolute atomic E-state index is 0.269. The molecule has 0 aliphatic rings. The van der Waals surface area contributed by atoms with Crippen molar-refractivity contribution in [2.24, 2.45) is 5.41 Å². The fourth-order valence-electron chi connectivity index (χ4n) is 3.56. The Kier molecular flexibility index (Phi) is 5.59. The van der Waals surface area contributed by atoms with Gasteiger partial charge in [0.2, 0.25) is 0 Å². The van der Waals surface area contributed by atoms with Crippen molar-refractivity contribution in [3.63, 3.8) is 0 Å². The fraction of sp³-hybridized carbons (Fsp3) is 0.381. The van der Waals surface area contributed by atoms with E-state index in [0.29, 0.717) is 16.9 Å². The molecule has 1 atom stereocenters. The SMILES string of the molecule is COc1cccc([C@](CC(=O)O)(c2ccc(C(F)(F)F)cc2)C(C)(C)C)c1. The van der Waals surface area contributed by atoms with Crippen LogP contribution in [0.25, 0.3) is 0 Å². The number of rotatable bonds is 5. The third-order valence-electron chi connectivity index (χ3n) is 4.96. The second kappa shape index (κ2) is 7.25. The first kappa shape index (κ1) is 20.8. The molecular formula is C21H23F3O3. The summed E-state index contributed by atoms with van der Waals surface area (Å²) in [5.74, 6) is -0.480. The van der Waals surface area contributed by atoms with Gasteiger partial charge in [-0.25, -0.2) is 0 Å². The molecule has 27 heavy (non-hydrogen) atoms. The van der Waals surface area contributed by atoms with Crippen LogP contribution in [0, 0.1) is 5.41 Å². The molecule has 0 aliphatic heterocycles. The summed E-state index contributed by atoms with van der Waals surface area (Å²) in [4.78, 5) is 11.8. The number of carboxylic acid groups (broad SMARTS) is 1. The van der Waals surface area contributed by atoms with Gasteiger partial charge in [-0.1, -0.05) is 45.0 Å². The lowest BCUT2D eigenvalue weighted by molar-refractivity contribution is -0.139. The molecule has 2 rings (SSSR count). The molecule has 0 fully saturated rings. The molecule has 0 spiro atoms. The highest BCUT2D eigenvalue weighted by Gasteiger charge is 2.47. The normalized spacial score (nSPS) is 14.5. The van der Waals surface area contributed by atoms with Gasteiger partial charge in [0.05, 0.1) is 19.1 Å². The van der Waals surface area contributed by atoms with E-state index in [1.807, 2.05) is 20.8 Å². The van der Waals surface area contributed by atoms with Crippen LogP contribution in [0.2, 0.25) is 0 Å². The molecule has 0 heterocycles. The molecular weight excluding hydrogens is 357 g/mol. The summed E-state index contributed by atoms with van der Waals surface area (Å²) in [5.41, 5.74) is -1.22. The fourth-order valence-corrected chi connectivity index (χ4v) is 3.56. The summed E-state index contributed by atoms with van der Waals surface area (Å²) in [6.07, 6.45) is -4.72. The third-order valence-corrected chi connectivity index (χ3v) is 4.96. The van der Waals surface area contributed by atoms with Crippen LogP contribution < -0.4 is 4.74 Å². The summed E-state index contributed by atoms with van der Waals surface area (Å²) in [5, 5.41) is 9.63. The first-order valence-electron chi connectivity index (χ1n) is 8.46. The highest BCUT2D eigenvalue weighted by Crippen LogP contribution is 2.50. The molecule has 0 unspecified atom stereocenters. The standard InChI is InChI=1S/C21H23F3O3/c1-19(2,3)20(13-18(25)26,16-6-5-7-17(12-16)27-4)14-8-10-15(11-9-14)21(22,23)24/h5-12H,13H2,1-4H3,(H,25,26)/t20-/m0/s1. The molecule has 3 nitrogen and oxygen atoms in total. The van der Waals surface area contributed by atoms with E-state index in [1.165, 1.54) is 19.2 Å². The number of methoxy groups -OCH3 is 1. The topological polar surface area (TPSA) is 46.5 Å². The van der Waals surface area contributed by atoms with Gasteiger partial charge in [0.1, 0.15) is 5.75 Å². The summed E-state index contributed by atoms with van der Waals surface area (Å²) < 4.78 is 44.2. The number of carbonyl (C=O) groups is 1. The summed E-state index contributed by atoms with van der Waals surface area (Å²) in [6, 6.07) is 11.8. The van der Waals surface area contributed by atoms with Gasteiger partial charge in [0, 0.05) is 5.41 Å². The van der Waals surface area contributed by atoms with E-state index >= 15 is 0 Å². The Morgan fingerprint density at radius 1 is 0.963 bits per heavy atom. The molecule has 2 aromatic rings. The zero-order valence-corrected chi connectivity index (χ0v) is 15.7. The highest BCUT2D eigenvalue weighted by molar-refractivity contribution is 5.71. The maximum Gasteiger partial charge on any atom is 0.416 e. The Labute approximate surface area is 156 Å². The lowest BCUT2D eigenvalue weighted by atomic mass is 9.57. The van der Waals surface area contributed by atoms with Crippen molar-refractivity contribution in [1.82, 2.24) is 0 Å². The summed E-state index contributed by atoms with van der Waals surface area (Å²) in [6.45, 7) is 5.65. The Morgan fingerprint density at radius 3 is 1.96 bits per heavy atom. The second-order valence-corrected chi connectivity index (χ2v) is 7.53. The van der Waals surface area contributed by atoms with Gasteiger partial charge in [-0.3, -0.25) is 4.79 Å². The Bertz CT molecular complexity index is 805. The monoisotopic (exact) mass is 380 g/mol. The molecule has 0 aliphatic carbocycles. The molecule has 0 saturated carbocycles. The minimum Gasteiger partial charge on any atom is -0.497 e. The minimum atomic E-state index is -4.45. The first-order chi connectivity index (χ1) is 12.4. The van der Waals surface area contributed by atoms with Crippen molar-refractivity contribution in [2.75, 3.05) is 7.11 Å². The molecule has 1 N–H and O–H groups in total. The van der Waals surface area contributed by atoms with Gasteiger partial charge in [0.25, 0.3) is 0 Å². The molecule has 0 radical (unpaired) electrons. The number of alkyl halides is 3. The molecule has 0 amide bonds. The molecule has 6 heteroatoms. The van der Waals surface area contributed by atoms with E-state index in [4.69, 9.17) is 4.74 Å². The number of carboxylic acids is 1. The molecule has 0 bridgehead atoms. The number of hydrogen-bond donors (Lipinski definition) is 1. The van der Waals surface area contributed by atoms with Crippen LogP contribution in [-0.2, 0) is 16.4 Å². The average Bonchev–Trinajstić information content (AvgIpc) is 2.58. The largest absolute Gasteiger partial charge is 0.497 e. The molecule has 0 saturated heterocycles. The van der Waals surface area contributed by atoms with E-state index in [1.54, 1.807) is 24.3 Å². The van der Waals surface area contributed by atoms with Gasteiger partial charge in [-0.2, -0.15) is 13.2 Å². The lowest BCUT2D eigenvalue weighted by Crippen LogP contribution is -2.43. The number of aliphatic carboxylic acids is 1. The smallest absolute Gasteiger partial charge is 0.416 e. The van der Waals surface area contributed by atoms with Crippen LogP contribution in [0.5, 0.6) is 5.75 Å². The molecule has 2 aromatic carbocycles. The van der Waals surface area contributed by atoms with Crippen LogP contribution in [0.4, 0.5) is 13.2 Å².